The lowest BCUT2D eigenvalue weighted by Gasteiger charge is -2.11. The summed E-state index contributed by atoms with van der Waals surface area (Å²) in [5, 5.41) is 21.5. The van der Waals surface area contributed by atoms with Crippen LogP contribution < -0.4 is 5.32 Å². The molecular formula is C16H17N3O. The molecule has 20 heavy (non-hydrogen) atoms. The van der Waals surface area contributed by atoms with Gasteiger partial charge in [0.05, 0.1) is 23.6 Å². The van der Waals surface area contributed by atoms with Gasteiger partial charge in [-0.3, -0.25) is 4.98 Å². The molecule has 2 aromatic rings. The van der Waals surface area contributed by atoms with E-state index < -0.39 is 0 Å². The van der Waals surface area contributed by atoms with Gasteiger partial charge in [-0.1, -0.05) is 24.3 Å². The highest BCUT2D eigenvalue weighted by Gasteiger charge is 2.07. The summed E-state index contributed by atoms with van der Waals surface area (Å²) >= 11 is 0. The number of aliphatic hydroxyl groups is 1. The van der Waals surface area contributed by atoms with Gasteiger partial charge in [-0.25, -0.2) is 0 Å². The molecule has 2 N–H and O–H groups in total. The zero-order chi connectivity index (χ0) is 14.5. The lowest BCUT2D eigenvalue weighted by atomic mass is 10.1. The second kappa shape index (κ2) is 6.18. The van der Waals surface area contributed by atoms with Crippen molar-refractivity contribution in [2.75, 3.05) is 5.32 Å². The summed E-state index contributed by atoms with van der Waals surface area (Å²) in [5.41, 5.74) is 5.01. The predicted octanol–water partition coefficient (Wildman–Crippen LogP) is 2.67. The molecule has 4 nitrogen and oxygen atoms in total. The van der Waals surface area contributed by atoms with Gasteiger partial charge in [0.25, 0.3) is 0 Å². The summed E-state index contributed by atoms with van der Waals surface area (Å²) in [6, 6.07) is 11.8. The zero-order valence-electron chi connectivity index (χ0n) is 11.6. The fraction of sp³-hybridized carbons (Fsp3) is 0.250. The van der Waals surface area contributed by atoms with Gasteiger partial charge in [0.15, 0.2) is 0 Å². The maximum absolute atomic E-state index is 9.20. The Labute approximate surface area is 118 Å². The average Bonchev–Trinajstić information content (AvgIpc) is 2.45. The average molecular weight is 267 g/mol. The normalized spacial score (nSPS) is 10.1. The Bertz CT molecular complexity index is 642. The first-order valence-electron chi connectivity index (χ1n) is 6.45. The number of aliphatic hydroxyl groups excluding tert-OH is 1. The Hall–Kier alpha value is -2.38. The van der Waals surface area contributed by atoms with Gasteiger partial charge in [-0.15, -0.1) is 0 Å². The highest BCUT2D eigenvalue weighted by atomic mass is 16.3. The molecule has 0 amide bonds. The van der Waals surface area contributed by atoms with E-state index in [4.69, 9.17) is 5.11 Å². The molecule has 0 saturated carbocycles. The van der Waals surface area contributed by atoms with E-state index in [-0.39, 0.29) is 6.61 Å². The molecule has 0 bridgehead atoms. The summed E-state index contributed by atoms with van der Waals surface area (Å²) in [7, 11) is 0. The van der Waals surface area contributed by atoms with Gasteiger partial charge >= 0.3 is 0 Å². The topological polar surface area (TPSA) is 68.9 Å². The van der Waals surface area contributed by atoms with Crippen molar-refractivity contribution < 1.29 is 5.11 Å². The molecule has 0 spiro atoms. The number of nitrogens with one attached hydrogen (secondary N) is 1. The van der Waals surface area contributed by atoms with Crippen LogP contribution in [0.25, 0.3) is 0 Å². The quantitative estimate of drug-likeness (QED) is 0.893. The van der Waals surface area contributed by atoms with Crippen molar-refractivity contribution >= 4 is 5.69 Å². The third-order valence-corrected chi connectivity index (χ3v) is 3.13. The SMILES string of the molecule is Cc1cc(NCc2ccc(CO)cc2)c(C#N)c(C)n1. The molecular weight excluding hydrogens is 250 g/mol. The van der Waals surface area contributed by atoms with Crippen LogP contribution in [0.5, 0.6) is 0 Å². The molecule has 0 radical (unpaired) electrons. The lowest BCUT2D eigenvalue weighted by Crippen LogP contribution is -2.04. The second-order valence-electron chi connectivity index (χ2n) is 4.71. The van der Waals surface area contributed by atoms with Crippen molar-refractivity contribution in [1.82, 2.24) is 4.98 Å². The van der Waals surface area contributed by atoms with E-state index in [0.29, 0.717) is 12.1 Å². The monoisotopic (exact) mass is 267 g/mol. The molecule has 102 valence electrons. The van der Waals surface area contributed by atoms with E-state index in [1.807, 2.05) is 44.2 Å². The molecule has 2 rings (SSSR count). The van der Waals surface area contributed by atoms with Gasteiger partial charge in [0.2, 0.25) is 0 Å². The maximum Gasteiger partial charge on any atom is 0.103 e. The number of aryl methyl sites for hydroxylation is 2. The number of anilines is 1. The predicted molar refractivity (Wildman–Crippen MR) is 78.1 cm³/mol. The van der Waals surface area contributed by atoms with E-state index in [1.165, 1.54) is 0 Å². The third-order valence-electron chi connectivity index (χ3n) is 3.13. The Morgan fingerprint density at radius 3 is 2.45 bits per heavy atom. The maximum atomic E-state index is 9.20. The van der Waals surface area contributed by atoms with E-state index in [0.717, 1.165) is 28.2 Å². The molecule has 1 heterocycles. The third kappa shape index (κ3) is 3.14. The lowest BCUT2D eigenvalue weighted by molar-refractivity contribution is 0.282. The fourth-order valence-corrected chi connectivity index (χ4v) is 2.07. The van der Waals surface area contributed by atoms with Gasteiger partial charge < -0.3 is 10.4 Å². The van der Waals surface area contributed by atoms with Crippen molar-refractivity contribution in [3.05, 3.63) is 58.4 Å². The number of nitrogens with zero attached hydrogens (tertiary/aromatic N) is 2. The molecule has 0 atom stereocenters. The largest absolute Gasteiger partial charge is 0.392 e. The number of hydrogen-bond donors (Lipinski definition) is 2. The minimum absolute atomic E-state index is 0.0506. The first kappa shape index (κ1) is 14.0. The Balaban J connectivity index is 2.16. The van der Waals surface area contributed by atoms with Gasteiger partial charge in [0.1, 0.15) is 6.07 Å². The van der Waals surface area contributed by atoms with E-state index in [1.54, 1.807) is 0 Å². The summed E-state index contributed by atoms with van der Waals surface area (Å²) in [6.07, 6.45) is 0. The number of aromatic nitrogens is 1. The molecule has 1 aromatic heterocycles. The van der Waals surface area contributed by atoms with Crippen LogP contribution in [0, 0.1) is 25.2 Å². The molecule has 0 aliphatic carbocycles. The van der Waals surface area contributed by atoms with Crippen molar-refractivity contribution in [2.24, 2.45) is 0 Å². The van der Waals surface area contributed by atoms with Crippen LogP contribution in [-0.4, -0.2) is 10.1 Å². The molecule has 0 unspecified atom stereocenters. The molecule has 0 aliphatic heterocycles. The van der Waals surface area contributed by atoms with Crippen molar-refractivity contribution in [3.63, 3.8) is 0 Å². The van der Waals surface area contributed by atoms with Crippen molar-refractivity contribution in [2.45, 2.75) is 27.0 Å². The standard InChI is InChI=1S/C16H17N3O/c1-11-7-16(15(8-17)12(2)19-11)18-9-13-3-5-14(10-20)6-4-13/h3-7,20H,9-10H2,1-2H3,(H,18,19). The van der Waals surface area contributed by atoms with Crippen LogP contribution in [0.4, 0.5) is 5.69 Å². The van der Waals surface area contributed by atoms with E-state index >= 15 is 0 Å². The highest BCUT2D eigenvalue weighted by Crippen LogP contribution is 2.19. The van der Waals surface area contributed by atoms with Gasteiger partial charge in [-0.2, -0.15) is 5.26 Å². The van der Waals surface area contributed by atoms with Gasteiger partial charge in [0, 0.05) is 12.2 Å². The van der Waals surface area contributed by atoms with E-state index in [2.05, 4.69) is 16.4 Å². The summed E-state index contributed by atoms with van der Waals surface area (Å²) in [4.78, 5) is 4.29. The van der Waals surface area contributed by atoms with Crippen LogP contribution in [-0.2, 0) is 13.2 Å². The van der Waals surface area contributed by atoms with Gasteiger partial charge in [-0.05, 0) is 31.0 Å². The van der Waals surface area contributed by atoms with Crippen LogP contribution >= 0.6 is 0 Å². The summed E-state index contributed by atoms with van der Waals surface area (Å²) in [5.74, 6) is 0. The van der Waals surface area contributed by atoms with Crippen LogP contribution in [0.15, 0.2) is 30.3 Å². The first-order chi connectivity index (χ1) is 9.63. The smallest absolute Gasteiger partial charge is 0.103 e. The van der Waals surface area contributed by atoms with Crippen molar-refractivity contribution in [1.29, 1.82) is 5.26 Å². The van der Waals surface area contributed by atoms with E-state index in [9.17, 15) is 5.26 Å². The Kier molecular flexibility index (Phi) is 4.34. The highest BCUT2D eigenvalue weighted by molar-refractivity contribution is 5.60. The number of pyridine rings is 1. The number of rotatable bonds is 4. The zero-order valence-corrected chi connectivity index (χ0v) is 11.6. The number of hydrogen-bond acceptors (Lipinski definition) is 4. The van der Waals surface area contributed by atoms with Crippen LogP contribution in [0.1, 0.15) is 28.1 Å². The number of benzene rings is 1. The molecule has 1 aromatic carbocycles. The molecule has 0 fully saturated rings. The molecule has 0 saturated heterocycles. The minimum atomic E-state index is 0.0506. The molecule has 4 heteroatoms. The number of nitriles is 1. The summed E-state index contributed by atoms with van der Waals surface area (Å²) in [6.45, 7) is 4.43. The fourth-order valence-electron chi connectivity index (χ4n) is 2.07. The Morgan fingerprint density at radius 2 is 1.85 bits per heavy atom. The van der Waals surface area contributed by atoms with Crippen LogP contribution in [0.2, 0.25) is 0 Å². The van der Waals surface area contributed by atoms with Crippen molar-refractivity contribution in [3.8, 4) is 6.07 Å². The first-order valence-corrected chi connectivity index (χ1v) is 6.45. The minimum Gasteiger partial charge on any atom is -0.392 e. The van der Waals surface area contributed by atoms with Crippen LogP contribution in [0.3, 0.4) is 0 Å². The molecule has 0 aliphatic rings. The summed E-state index contributed by atoms with van der Waals surface area (Å²) < 4.78 is 0. The second-order valence-corrected chi connectivity index (χ2v) is 4.71. The Morgan fingerprint density at radius 1 is 1.20 bits per heavy atom.